The van der Waals surface area contributed by atoms with Crippen molar-refractivity contribution in [3.63, 3.8) is 0 Å². The first kappa shape index (κ1) is 12.4. The van der Waals surface area contributed by atoms with E-state index in [-0.39, 0.29) is 0 Å². The van der Waals surface area contributed by atoms with Crippen molar-refractivity contribution in [1.29, 1.82) is 0 Å². The number of rotatable bonds is 4. The summed E-state index contributed by atoms with van der Waals surface area (Å²) in [5, 5.41) is 3.68. The average molecular weight is 224 g/mol. The number of nitrogens with zero attached hydrogens (tertiary/aromatic N) is 1. The smallest absolute Gasteiger partial charge is 0.0155 e. The molecule has 0 amide bonds. The van der Waals surface area contributed by atoms with Gasteiger partial charge in [-0.15, -0.1) is 0 Å². The maximum absolute atomic E-state index is 3.68. The summed E-state index contributed by atoms with van der Waals surface area (Å²) in [6.07, 6.45) is 5.35. The molecule has 1 heterocycles. The van der Waals surface area contributed by atoms with E-state index in [1.807, 2.05) is 0 Å². The van der Waals surface area contributed by atoms with Gasteiger partial charge in [-0.2, -0.15) is 0 Å². The summed E-state index contributed by atoms with van der Waals surface area (Å²) >= 11 is 0. The molecule has 2 fully saturated rings. The third-order valence-electron chi connectivity index (χ3n) is 4.47. The molecule has 0 spiro atoms. The lowest BCUT2D eigenvalue weighted by molar-refractivity contribution is 0.114. The number of hydrogen-bond acceptors (Lipinski definition) is 2. The first-order valence-corrected chi connectivity index (χ1v) is 7.03. The van der Waals surface area contributed by atoms with Crippen molar-refractivity contribution in [2.75, 3.05) is 13.1 Å². The van der Waals surface area contributed by atoms with Crippen LogP contribution in [0.1, 0.15) is 53.4 Å². The number of piperidine rings is 1. The molecular formula is C14H28N2. The molecule has 1 N–H and O–H groups in total. The highest BCUT2D eigenvalue weighted by atomic mass is 15.2. The van der Waals surface area contributed by atoms with Crippen molar-refractivity contribution < 1.29 is 0 Å². The van der Waals surface area contributed by atoms with Gasteiger partial charge in [-0.25, -0.2) is 0 Å². The van der Waals surface area contributed by atoms with Crippen molar-refractivity contribution in [2.24, 2.45) is 5.41 Å². The number of likely N-dealkylation sites (tertiary alicyclic amines) is 1. The molecule has 0 aromatic carbocycles. The quantitative estimate of drug-likeness (QED) is 0.790. The van der Waals surface area contributed by atoms with Gasteiger partial charge in [-0.05, 0) is 44.6 Å². The summed E-state index contributed by atoms with van der Waals surface area (Å²) in [5.41, 5.74) is 0.595. The van der Waals surface area contributed by atoms with Gasteiger partial charge >= 0.3 is 0 Å². The molecule has 1 saturated heterocycles. The lowest BCUT2D eigenvalue weighted by Gasteiger charge is -2.39. The van der Waals surface area contributed by atoms with Crippen LogP contribution in [0.3, 0.4) is 0 Å². The minimum Gasteiger partial charge on any atom is -0.314 e. The van der Waals surface area contributed by atoms with Crippen LogP contribution in [-0.4, -0.2) is 36.1 Å². The Morgan fingerprint density at radius 2 is 2.06 bits per heavy atom. The minimum absolute atomic E-state index is 0.595. The molecule has 0 aromatic rings. The molecule has 0 radical (unpaired) electrons. The molecule has 3 atom stereocenters. The Labute approximate surface area is 101 Å². The first-order chi connectivity index (χ1) is 7.54. The van der Waals surface area contributed by atoms with Gasteiger partial charge in [0.05, 0.1) is 0 Å². The van der Waals surface area contributed by atoms with Gasteiger partial charge in [-0.3, -0.25) is 4.90 Å². The van der Waals surface area contributed by atoms with Gasteiger partial charge in [0, 0.05) is 24.7 Å². The Morgan fingerprint density at radius 1 is 1.38 bits per heavy atom. The van der Waals surface area contributed by atoms with E-state index in [2.05, 4.69) is 37.9 Å². The maximum Gasteiger partial charge on any atom is 0.0155 e. The van der Waals surface area contributed by atoms with E-state index >= 15 is 0 Å². The summed E-state index contributed by atoms with van der Waals surface area (Å²) in [6.45, 7) is 12.0. The molecule has 1 aliphatic carbocycles. The van der Waals surface area contributed by atoms with Crippen LogP contribution in [0.2, 0.25) is 0 Å². The van der Waals surface area contributed by atoms with Crippen LogP contribution in [-0.2, 0) is 0 Å². The van der Waals surface area contributed by atoms with Crippen molar-refractivity contribution in [3.8, 4) is 0 Å². The van der Waals surface area contributed by atoms with E-state index < -0.39 is 0 Å². The summed E-state index contributed by atoms with van der Waals surface area (Å²) in [5.74, 6) is 0. The van der Waals surface area contributed by atoms with Gasteiger partial charge < -0.3 is 5.32 Å². The highest BCUT2D eigenvalue weighted by Gasteiger charge is 2.51. The van der Waals surface area contributed by atoms with Crippen molar-refractivity contribution >= 4 is 0 Å². The zero-order valence-electron chi connectivity index (χ0n) is 11.4. The lowest BCUT2D eigenvalue weighted by atomic mass is 9.97. The third-order valence-corrected chi connectivity index (χ3v) is 4.47. The zero-order chi connectivity index (χ0) is 11.8. The third kappa shape index (κ3) is 2.60. The zero-order valence-corrected chi connectivity index (χ0v) is 11.4. The molecule has 2 aliphatic rings. The van der Waals surface area contributed by atoms with Crippen LogP contribution in [0.4, 0.5) is 0 Å². The Hall–Kier alpha value is -0.0800. The van der Waals surface area contributed by atoms with E-state index in [0.29, 0.717) is 5.41 Å². The molecule has 2 heteroatoms. The van der Waals surface area contributed by atoms with Gasteiger partial charge in [-0.1, -0.05) is 20.8 Å². The van der Waals surface area contributed by atoms with Crippen molar-refractivity contribution in [3.05, 3.63) is 0 Å². The molecule has 1 aliphatic heterocycles. The summed E-state index contributed by atoms with van der Waals surface area (Å²) in [4.78, 5) is 2.75. The Kier molecular flexibility index (Phi) is 3.60. The number of nitrogens with one attached hydrogen (secondary N) is 1. The normalized spacial score (nSPS) is 38.6. The molecule has 3 unspecified atom stereocenters. The minimum atomic E-state index is 0.595. The largest absolute Gasteiger partial charge is 0.314 e. The van der Waals surface area contributed by atoms with Crippen LogP contribution < -0.4 is 5.32 Å². The van der Waals surface area contributed by atoms with E-state index in [4.69, 9.17) is 0 Å². The van der Waals surface area contributed by atoms with Gasteiger partial charge in [0.25, 0.3) is 0 Å². The topological polar surface area (TPSA) is 15.3 Å². The molecule has 1 saturated carbocycles. The molecule has 0 bridgehead atoms. The summed E-state index contributed by atoms with van der Waals surface area (Å²) in [6, 6.07) is 2.41. The fraction of sp³-hybridized carbons (Fsp3) is 1.00. The molecule has 94 valence electrons. The second-order valence-electron chi connectivity index (χ2n) is 6.47. The van der Waals surface area contributed by atoms with Gasteiger partial charge in [0.15, 0.2) is 0 Å². The van der Waals surface area contributed by atoms with Crippen LogP contribution >= 0.6 is 0 Å². The van der Waals surface area contributed by atoms with Gasteiger partial charge in [0.2, 0.25) is 0 Å². The highest BCUT2D eigenvalue weighted by Crippen LogP contribution is 2.50. The van der Waals surface area contributed by atoms with Crippen LogP contribution in [0.25, 0.3) is 0 Å². The monoisotopic (exact) mass is 224 g/mol. The van der Waals surface area contributed by atoms with Gasteiger partial charge in [0.1, 0.15) is 0 Å². The Bertz CT molecular complexity index is 237. The van der Waals surface area contributed by atoms with Crippen molar-refractivity contribution in [2.45, 2.75) is 71.5 Å². The Balaban J connectivity index is 1.80. The fourth-order valence-corrected chi connectivity index (χ4v) is 3.19. The standard InChI is InChI=1S/C14H28N2/c1-5-7-15-12-6-8-16(11(2)9-12)13-10-14(13,3)4/h11-13,15H,5-10H2,1-4H3. The first-order valence-electron chi connectivity index (χ1n) is 7.03. The van der Waals surface area contributed by atoms with E-state index in [9.17, 15) is 0 Å². The summed E-state index contributed by atoms with van der Waals surface area (Å²) in [7, 11) is 0. The number of hydrogen-bond donors (Lipinski definition) is 1. The lowest BCUT2D eigenvalue weighted by Crippen LogP contribution is -2.49. The molecule has 0 aromatic heterocycles. The second kappa shape index (κ2) is 4.66. The predicted octanol–water partition coefficient (Wildman–Crippen LogP) is 2.64. The molecule has 2 nitrogen and oxygen atoms in total. The second-order valence-corrected chi connectivity index (χ2v) is 6.47. The summed E-state index contributed by atoms with van der Waals surface area (Å²) < 4.78 is 0. The Morgan fingerprint density at radius 3 is 2.56 bits per heavy atom. The van der Waals surface area contributed by atoms with Crippen LogP contribution in [0, 0.1) is 5.41 Å². The average Bonchev–Trinajstić information content (AvgIpc) is 2.84. The maximum atomic E-state index is 3.68. The van der Waals surface area contributed by atoms with E-state index in [1.165, 1.54) is 38.8 Å². The highest BCUT2D eigenvalue weighted by molar-refractivity contribution is 5.05. The van der Waals surface area contributed by atoms with Crippen LogP contribution in [0.15, 0.2) is 0 Å². The SMILES string of the molecule is CCCNC1CCN(C2CC2(C)C)C(C)C1. The molecule has 2 rings (SSSR count). The van der Waals surface area contributed by atoms with Crippen molar-refractivity contribution in [1.82, 2.24) is 10.2 Å². The fourth-order valence-electron chi connectivity index (χ4n) is 3.19. The van der Waals surface area contributed by atoms with E-state index in [1.54, 1.807) is 0 Å². The molecule has 16 heavy (non-hydrogen) atoms. The predicted molar refractivity (Wildman–Crippen MR) is 69.7 cm³/mol. The van der Waals surface area contributed by atoms with E-state index in [0.717, 1.165) is 18.1 Å². The molecular weight excluding hydrogens is 196 g/mol. The van der Waals surface area contributed by atoms with Crippen LogP contribution in [0.5, 0.6) is 0 Å².